The Morgan fingerprint density at radius 1 is 1.05 bits per heavy atom. The van der Waals surface area contributed by atoms with Gasteiger partial charge in [0.25, 0.3) is 5.91 Å². The highest BCUT2D eigenvalue weighted by molar-refractivity contribution is 6.02. The summed E-state index contributed by atoms with van der Waals surface area (Å²) in [5.74, 6) is -1.39. The molecule has 0 spiro atoms. The maximum atomic E-state index is 11.9. The van der Waals surface area contributed by atoms with E-state index in [-0.39, 0.29) is 17.1 Å². The molecular weight excluding hydrogens is 286 g/mol. The highest BCUT2D eigenvalue weighted by atomic mass is 16.5. The molecule has 6 nitrogen and oxygen atoms in total. The standard InChI is InChI=1S/C16H17NO5/c1-16(2,3)22-11-6-4-10(5-7-11)17-14(18)12-8-9-13(21-12)15(19)20/h4-9H,1-3H3,(H,17,18)(H,19,20). The molecule has 0 aliphatic carbocycles. The fourth-order valence-electron chi connectivity index (χ4n) is 1.73. The van der Waals surface area contributed by atoms with Crippen molar-refractivity contribution in [1.29, 1.82) is 0 Å². The SMILES string of the molecule is CC(C)(C)Oc1ccc(NC(=O)c2ccc(C(=O)O)o2)cc1. The normalized spacial score (nSPS) is 11.0. The van der Waals surface area contributed by atoms with Gasteiger partial charge in [-0.05, 0) is 57.2 Å². The van der Waals surface area contributed by atoms with E-state index >= 15 is 0 Å². The number of anilines is 1. The molecule has 2 aromatic rings. The van der Waals surface area contributed by atoms with Gasteiger partial charge in [-0.15, -0.1) is 0 Å². The van der Waals surface area contributed by atoms with Gasteiger partial charge in [0, 0.05) is 5.69 Å². The van der Waals surface area contributed by atoms with Gasteiger partial charge in [0.05, 0.1) is 0 Å². The minimum atomic E-state index is -1.22. The topological polar surface area (TPSA) is 88.8 Å². The number of aromatic carboxylic acids is 1. The molecule has 2 rings (SSSR count). The number of hydrogen-bond acceptors (Lipinski definition) is 4. The summed E-state index contributed by atoms with van der Waals surface area (Å²) in [7, 11) is 0. The Balaban J connectivity index is 2.03. The lowest BCUT2D eigenvalue weighted by Crippen LogP contribution is -2.22. The van der Waals surface area contributed by atoms with Crippen LogP contribution in [0.4, 0.5) is 5.69 Å². The molecule has 0 atom stereocenters. The van der Waals surface area contributed by atoms with Crippen molar-refractivity contribution >= 4 is 17.6 Å². The van der Waals surface area contributed by atoms with Gasteiger partial charge in [0.1, 0.15) is 11.4 Å². The van der Waals surface area contributed by atoms with Gasteiger partial charge in [-0.2, -0.15) is 0 Å². The van der Waals surface area contributed by atoms with E-state index in [1.165, 1.54) is 12.1 Å². The lowest BCUT2D eigenvalue weighted by molar-refractivity contribution is 0.0660. The fourth-order valence-corrected chi connectivity index (χ4v) is 1.73. The molecule has 0 saturated carbocycles. The van der Waals surface area contributed by atoms with Crippen LogP contribution in [0.1, 0.15) is 41.9 Å². The summed E-state index contributed by atoms with van der Waals surface area (Å²) >= 11 is 0. The van der Waals surface area contributed by atoms with E-state index in [4.69, 9.17) is 14.3 Å². The van der Waals surface area contributed by atoms with Crippen molar-refractivity contribution in [2.24, 2.45) is 0 Å². The van der Waals surface area contributed by atoms with E-state index in [1.54, 1.807) is 24.3 Å². The third-order valence-corrected chi connectivity index (χ3v) is 2.58. The smallest absolute Gasteiger partial charge is 0.371 e. The highest BCUT2D eigenvalue weighted by Gasteiger charge is 2.15. The van der Waals surface area contributed by atoms with Crippen molar-refractivity contribution in [1.82, 2.24) is 0 Å². The molecule has 0 saturated heterocycles. The summed E-state index contributed by atoms with van der Waals surface area (Å²) < 4.78 is 10.6. The maximum absolute atomic E-state index is 11.9. The number of ether oxygens (including phenoxy) is 1. The highest BCUT2D eigenvalue weighted by Crippen LogP contribution is 2.21. The van der Waals surface area contributed by atoms with Crippen molar-refractivity contribution in [3.63, 3.8) is 0 Å². The van der Waals surface area contributed by atoms with Gasteiger partial charge < -0.3 is 19.6 Å². The van der Waals surface area contributed by atoms with Gasteiger partial charge >= 0.3 is 5.97 Å². The first-order chi connectivity index (χ1) is 10.2. The van der Waals surface area contributed by atoms with E-state index in [2.05, 4.69) is 5.32 Å². The Hall–Kier alpha value is -2.76. The maximum Gasteiger partial charge on any atom is 0.371 e. The lowest BCUT2D eigenvalue weighted by Gasteiger charge is -2.21. The lowest BCUT2D eigenvalue weighted by atomic mass is 10.2. The van der Waals surface area contributed by atoms with Crippen LogP contribution in [-0.2, 0) is 0 Å². The average molecular weight is 303 g/mol. The minimum absolute atomic E-state index is 0.0626. The minimum Gasteiger partial charge on any atom is -0.488 e. The monoisotopic (exact) mass is 303 g/mol. The third-order valence-electron chi connectivity index (χ3n) is 2.58. The van der Waals surface area contributed by atoms with Crippen molar-refractivity contribution in [2.75, 3.05) is 5.32 Å². The molecule has 1 aromatic carbocycles. The molecule has 22 heavy (non-hydrogen) atoms. The van der Waals surface area contributed by atoms with E-state index < -0.39 is 11.9 Å². The Labute approximate surface area is 127 Å². The number of carbonyl (C=O) groups excluding carboxylic acids is 1. The van der Waals surface area contributed by atoms with Crippen LogP contribution >= 0.6 is 0 Å². The van der Waals surface area contributed by atoms with Gasteiger partial charge in [-0.25, -0.2) is 4.79 Å². The zero-order chi connectivity index (χ0) is 16.3. The Kier molecular flexibility index (Phi) is 4.21. The Morgan fingerprint density at radius 3 is 2.14 bits per heavy atom. The second-order valence-electron chi connectivity index (χ2n) is 5.66. The van der Waals surface area contributed by atoms with Gasteiger partial charge in [0.2, 0.25) is 5.76 Å². The van der Waals surface area contributed by atoms with Crippen LogP contribution in [-0.4, -0.2) is 22.6 Å². The van der Waals surface area contributed by atoms with Crippen LogP contribution in [0.15, 0.2) is 40.8 Å². The molecule has 1 heterocycles. The number of nitrogens with one attached hydrogen (secondary N) is 1. The molecular formula is C16H17NO5. The summed E-state index contributed by atoms with van der Waals surface area (Å²) in [5, 5.41) is 11.4. The van der Waals surface area contributed by atoms with E-state index in [0.29, 0.717) is 11.4 Å². The molecule has 0 unspecified atom stereocenters. The summed E-state index contributed by atoms with van der Waals surface area (Å²) in [4.78, 5) is 22.6. The number of furan rings is 1. The molecule has 0 fully saturated rings. The largest absolute Gasteiger partial charge is 0.488 e. The second kappa shape index (κ2) is 5.93. The molecule has 116 valence electrons. The van der Waals surface area contributed by atoms with E-state index in [0.717, 1.165) is 0 Å². The first kappa shape index (κ1) is 15.6. The molecule has 0 radical (unpaired) electrons. The van der Waals surface area contributed by atoms with Gasteiger partial charge in [-0.3, -0.25) is 4.79 Å². The summed E-state index contributed by atoms with van der Waals surface area (Å²) in [6.45, 7) is 5.83. The number of carboxylic acids is 1. The van der Waals surface area contributed by atoms with E-state index in [1.807, 2.05) is 20.8 Å². The number of carbonyl (C=O) groups is 2. The average Bonchev–Trinajstić information content (AvgIpc) is 2.89. The summed E-state index contributed by atoms with van der Waals surface area (Å²) in [5.41, 5.74) is 0.256. The van der Waals surface area contributed by atoms with Gasteiger partial charge in [0.15, 0.2) is 5.76 Å². The van der Waals surface area contributed by atoms with Crippen LogP contribution in [0.25, 0.3) is 0 Å². The molecule has 1 amide bonds. The molecule has 1 aromatic heterocycles. The molecule has 2 N–H and O–H groups in total. The zero-order valence-corrected chi connectivity index (χ0v) is 12.5. The first-order valence-corrected chi connectivity index (χ1v) is 6.68. The quantitative estimate of drug-likeness (QED) is 0.903. The van der Waals surface area contributed by atoms with Crippen LogP contribution in [0, 0.1) is 0 Å². The second-order valence-corrected chi connectivity index (χ2v) is 5.66. The third kappa shape index (κ3) is 4.12. The predicted octanol–water partition coefficient (Wildman–Crippen LogP) is 3.41. The summed E-state index contributed by atoms with van der Waals surface area (Å²) in [6, 6.07) is 9.42. The first-order valence-electron chi connectivity index (χ1n) is 6.68. The van der Waals surface area contributed by atoms with Crippen molar-refractivity contribution < 1.29 is 23.8 Å². The van der Waals surface area contributed by atoms with E-state index in [9.17, 15) is 9.59 Å². The van der Waals surface area contributed by atoms with Crippen LogP contribution in [0.5, 0.6) is 5.75 Å². The van der Waals surface area contributed by atoms with Crippen molar-refractivity contribution in [3.05, 3.63) is 47.9 Å². The molecule has 6 heteroatoms. The van der Waals surface area contributed by atoms with Crippen molar-refractivity contribution in [3.8, 4) is 5.75 Å². The molecule has 0 bridgehead atoms. The molecule has 0 aliphatic heterocycles. The van der Waals surface area contributed by atoms with Crippen LogP contribution < -0.4 is 10.1 Å². The van der Waals surface area contributed by atoms with Crippen molar-refractivity contribution in [2.45, 2.75) is 26.4 Å². The van der Waals surface area contributed by atoms with Crippen LogP contribution in [0.3, 0.4) is 0 Å². The predicted molar refractivity (Wildman–Crippen MR) is 80.4 cm³/mol. The number of amides is 1. The number of rotatable bonds is 4. The van der Waals surface area contributed by atoms with Crippen LogP contribution in [0.2, 0.25) is 0 Å². The van der Waals surface area contributed by atoms with Gasteiger partial charge in [-0.1, -0.05) is 0 Å². The number of benzene rings is 1. The number of carboxylic acid groups (broad SMARTS) is 1. The molecule has 0 aliphatic rings. The number of hydrogen-bond donors (Lipinski definition) is 2. The Bertz CT molecular complexity index is 679. The fraction of sp³-hybridized carbons (Fsp3) is 0.250. The Morgan fingerprint density at radius 2 is 1.64 bits per heavy atom. The summed E-state index contributed by atoms with van der Waals surface area (Å²) in [6.07, 6.45) is 0. The zero-order valence-electron chi connectivity index (χ0n) is 12.5.